The van der Waals surface area contributed by atoms with Crippen LogP contribution >= 0.6 is 0 Å². The molecule has 162 valence electrons. The van der Waals surface area contributed by atoms with Crippen molar-refractivity contribution >= 4 is 17.8 Å². The summed E-state index contributed by atoms with van der Waals surface area (Å²) in [5.74, 6) is -1.17. The van der Waals surface area contributed by atoms with Crippen LogP contribution in [0.4, 0.5) is 9.18 Å². The van der Waals surface area contributed by atoms with E-state index in [9.17, 15) is 18.8 Å². The number of hydrogen-bond donors (Lipinski definition) is 1. The topological polar surface area (TPSA) is 79.0 Å². The highest BCUT2D eigenvalue weighted by Crippen LogP contribution is 2.39. The van der Waals surface area contributed by atoms with E-state index in [1.165, 1.54) is 17.0 Å². The second kappa shape index (κ2) is 8.37. The summed E-state index contributed by atoms with van der Waals surface area (Å²) in [6.07, 6.45) is 2.13. The monoisotopic (exact) mass is 425 g/mol. The van der Waals surface area contributed by atoms with Crippen LogP contribution in [0.2, 0.25) is 0 Å². The molecular weight excluding hydrogens is 401 g/mol. The van der Waals surface area contributed by atoms with Crippen LogP contribution < -0.4 is 10.1 Å². The van der Waals surface area contributed by atoms with Crippen LogP contribution in [0.1, 0.15) is 24.0 Å². The molecule has 1 saturated heterocycles. The zero-order valence-electron chi connectivity index (χ0n) is 17.3. The Kier molecular flexibility index (Phi) is 5.63. The van der Waals surface area contributed by atoms with Gasteiger partial charge in [0.1, 0.15) is 18.7 Å². The number of fused-ring (bicyclic) bond motifs is 2. The number of nitrogens with one attached hydrogen (secondary N) is 1. The molecule has 4 rings (SSSR count). The van der Waals surface area contributed by atoms with Gasteiger partial charge in [0.2, 0.25) is 5.91 Å². The number of nitrogens with zero attached hydrogens (tertiary/aromatic N) is 2. The Morgan fingerprint density at radius 3 is 2.74 bits per heavy atom. The fourth-order valence-corrected chi connectivity index (χ4v) is 4.19. The summed E-state index contributed by atoms with van der Waals surface area (Å²) < 4.78 is 19.0. The van der Waals surface area contributed by atoms with Crippen molar-refractivity contribution in [1.29, 1.82) is 0 Å². The lowest BCUT2D eigenvalue weighted by molar-refractivity contribution is -0.139. The van der Waals surface area contributed by atoms with Gasteiger partial charge >= 0.3 is 6.03 Å². The Bertz CT molecular complexity index is 1030. The molecule has 7 nitrogen and oxygen atoms in total. The average molecular weight is 425 g/mol. The van der Waals surface area contributed by atoms with Gasteiger partial charge < -0.3 is 15.0 Å². The standard InChI is InChI=1S/C23H24FN3O4/c1-26(13-14-31-19-11-5-4-10-18(19)24)20(28)15-27-21(29)23(25-22(27)30)12-6-8-16-7-2-3-9-17(16)23/h2-5,7,9-11H,6,8,12-15H2,1H3,(H,25,30). The van der Waals surface area contributed by atoms with Crippen LogP contribution in [0.3, 0.4) is 0 Å². The second-order valence-electron chi connectivity index (χ2n) is 7.83. The summed E-state index contributed by atoms with van der Waals surface area (Å²) in [5, 5.41) is 2.84. The Morgan fingerprint density at radius 1 is 1.19 bits per heavy atom. The van der Waals surface area contributed by atoms with Crippen LogP contribution in [0, 0.1) is 5.82 Å². The van der Waals surface area contributed by atoms with Crippen LogP contribution in [-0.2, 0) is 21.5 Å². The van der Waals surface area contributed by atoms with Gasteiger partial charge in [-0.05, 0) is 42.5 Å². The van der Waals surface area contributed by atoms with Gasteiger partial charge in [0, 0.05) is 7.05 Å². The average Bonchev–Trinajstić information content (AvgIpc) is 3.00. The first-order valence-electron chi connectivity index (χ1n) is 10.3. The van der Waals surface area contributed by atoms with Gasteiger partial charge in [-0.1, -0.05) is 36.4 Å². The molecule has 0 saturated carbocycles. The predicted molar refractivity (Wildman–Crippen MR) is 111 cm³/mol. The highest BCUT2D eigenvalue weighted by Gasteiger charge is 2.54. The number of imide groups is 1. The van der Waals surface area contributed by atoms with Crippen molar-refractivity contribution in [3.05, 3.63) is 65.5 Å². The van der Waals surface area contributed by atoms with Crippen LogP contribution in [0.5, 0.6) is 5.75 Å². The third kappa shape index (κ3) is 3.85. The highest BCUT2D eigenvalue weighted by molar-refractivity contribution is 6.09. The number of carbonyl (C=O) groups is 3. The van der Waals surface area contributed by atoms with E-state index in [2.05, 4.69) is 5.32 Å². The van der Waals surface area contributed by atoms with Crippen molar-refractivity contribution in [2.24, 2.45) is 0 Å². The van der Waals surface area contributed by atoms with Gasteiger partial charge in [0.05, 0.1) is 6.54 Å². The molecule has 0 radical (unpaired) electrons. The van der Waals surface area contributed by atoms with E-state index in [1.807, 2.05) is 24.3 Å². The van der Waals surface area contributed by atoms with Gasteiger partial charge in [0.25, 0.3) is 5.91 Å². The quantitative estimate of drug-likeness (QED) is 0.721. The summed E-state index contributed by atoms with van der Waals surface area (Å²) in [7, 11) is 1.55. The van der Waals surface area contributed by atoms with Crippen LogP contribution in [0.15, 0.2) is 48.5 Å². The first-order chi connectivity index (χ1) is 14.9. The molecule has 2 aromatic rings. The predicted octanol–water partition coefficient (Wildman–Crippen LogP) is 2.45. The molecule has 2 aromatic carbocycles. The minimum atomic E-state index is -1.10. The molecule has 1 atom stereocenters. The third-order valence-corrected chi connectivity index (χ3v) is 5.89. The van der Waals surface area contributed by atoms with Crippen molar-refractivity contribution in [3.8, 4) is 5.75 Å². The number of carbonyl (C=O) groups excluding carboxylic acids is 3. The molecule has 0 bridgehead atoms. The molecule has 31 heavy (non-hydrogen) atoms. The Labute approximate surface area is 179 Å². The summed E-state index contributed by atoms with van der Waals surface area (Å²) in [5.41, 5.74) is 0.748. The first-order valence-corrected chi connectivity index (χ1v) is 10.3. The van der Waals surface area contributed by atoms with Crippen LogP contribution in [0.25, 0.3) is 0 Å². The molecule has 4 amide bonds. The van der Waals surface area contributed by atoms with E-state index in [0.29, 0.717) is 6.42 Å². The minimum absolute atomic E-state index is 0.0840. The summed E-state index contributed by atoms with van der Waals surface area (Å²) >= 11 is 0. The first kappa shape index (κ1) is 20.8. The molecule has 1 N–H and O–H groups in total. The van der Waals surface area contributed by atoms with Gasteiger partial charge in [-0.15, -0.1) is 0 Å². The zero-order chi connectivity index (χ0) is 22.0. The Morgan fingerprint density at radius 2 is 1.94 bits per heavy atom. The van der Waals surface area contributed by atoms with Crippen molar-refractivity contribution in [3.63, 3.8) is 0 Å². The number of aryl methyl sites for hydroxylation is 1. The largest absolute Gasteiger partial charge is 0.489 e. The molecule has 1 spiro atoms. The molecule has 1 unspecified atom stereocenters. The van der Waals surface area contributed by atoms with Gasteiger partial charge in [-0.3, -0.25) is 14.5 Å². The Hall–Kier alpha value is -3.42. The molecule has 2 aliphatic rings. The number of likely N-dealkylation sites (N-methyl/N-ethyl adjacent to an activating group) is 1. The molecule has 0 aromatic heterocycles. The SMILES string of the molecule is CN(CCOc1ccccc1F)C(=O)CN1C(=O)NC2(CCCc3ccccc32)C1=O. The molecule has 1 fully saturated rings. The number of rotatable bonds is 6. The van der Waals surface area contributed by atoms with Crippen LogP contribution in [-0.4, -0.2) is 54.4 Å². The lowest BCUT2D eigenvalue weighted by Crippen LogP contribution is -2.47. The second-order valence-corrected chi connectivity index (χ2v) is 7.83. The summed E-state index contributed by atoms with van der Waals surface area (Å²) in [4.78, 5) is 40.9. The smallest absolute Gasteiger partial charge is 0.325 e. The van der Waals surface area contributed by atoms with E-state index in [-0.39, 0.29) is 25.4 Å². The van der Waals surface area contributed by atoms with Gasteiger partial charge in [-0.25, -0.2) is 9.18 Å². The van der Waals surface area contributed by atoms with Crippen molar-refractivity contribution in [1.82, 2.24) is 15.1 Å². The van der Waals surface area contributed by atoms with E-state index in [0.717, 1.165) is 28.9 Å². The Balaban J connectivity index is 1.39. The maximum atomic E-state index is 13.6. The third-order valence-electron chi connectivity index (χ3n) is 5.89. The molecule has 1 heterocycles. The van der Waals surface area contributed by atoms with Gasteiger partial charge in [0.15, 0.2) is 11.6 Å². The maximum absolute atomic E-state index is 13.6. The zero-order valence-corrected chi connectivity index (χ0v) is 17.3. The number of amides is 4. The molecule has 8 heteroatoms. The van der Waals surface area contributed by atoms with Crippen molar-refractivity contribution in [2.45, 2.75) is 24.8 Å². The number of para-hydroxylation sites is 1. The van der Waals surface area contributed by atoms with E-state index in [1.54, 1.807) is 19.2 Å². The molecular formula is C23H24FN3O4. The van der Waals surface area contributed by atoms with Gasteiger partial charge in [-0.2, -0.15) is 0 Å². The lowest BCUT2D eigenvalue weighted by Gasteiger charge is -2.33. The normalized spacial score (nSPS) is 19.9. The van der Waals surface area contributed by atoms with E-state index in [4.69, 9.17) is 4.74 Å². The maximum Gasteiger partial charge on any atom is 0.325 e. The number of benzene rings is 2. The number of hydrogen-bond acceptors (Lipinski definition) is 4. The lowest BCUT2D eigenvalue weighted by atomic mass is 9.76. The van der Waals surface area contributed by atoms with Crippen molar-refractivity contribution in [2.75, 3.05) is 26.7 Å². The summed E-state index contributed by atoms with van der Waals surface area (Å²) in [6, 6.07) is 13.0. The minimum Gasteiger partial charge on any atom is -0.489 e. The fraction of sp³-hybridized carbons (Fsp3) is 0.348. The molecule has 1 aliphatic heterocycles. The highest BCUT2D eigenvalue weighted by atomic mass is 19.1. The fourth-order valence-electron chi connectivity index (χ4n) is 4.19. The van der Waals surface area contributed by atoms with Crippen molar-refractivity contribution < 1.29 is 23.5 Å². The number of ether oxygens (including phenoxy) is 1. The number of halogens is 1. The van der Waals surface area contributed by atoms with E-state index >= 15 is 0 Å². The number of urea groups is 1. The van der Waals surface area contributed by atoms with E-state index < -0.39 is 29.2 Å². The summed E-state index contributed by atoms with van der Waals surface area (Å²) in [6.45, 7) is -0.0871. The molecule has 1 aliphatic carbocycles.